The topological polar surface area (TPSA) is 69.7 Å². The predicted molar refractivity (Wildman–Crippen MR) is 53.0 cm³/mol. The van der Waals surface area contributed by atoms with Gasteiger partial charge in [-0.25, -0.2) is 4.79 Å². The monoisotopic (exact) mass is 213 g/mol. The number of nitrogens with one attached hydrogen (secondary N) is 1. The fraction of sp³-hybridized carbons (Fsp3) is 0.667. The third-order valence-electron chi connectivity index (χ3n) is 1.98. The summed E-state index contributed by atoms with van der Waals surface area (Å²) in [7, 11) is 1.53. The number of carbonyl (C=O) groups is 3. The summed E-state index contributed by atoms with van der Waals surface area (Å²) in [5.41, 5.74) is 0. The Morgan fingerprint density at radius 1 is 1.47 bits per heavy atom. The minimum absolute atomic E-state index is 0.00281. The average molecular weight is 213 g/mol. The second-order valence-electron chi connectivity index (χ2n) is 3.84. The maximum Gasteiger partial charge on any atom is 0.327 e. The first kappa shape index (κ1) is 11.5. The van der Waals surface area contributed by atoms with Crippen molar-refractivity contribution in [3.05, 3.63) is 0 Å². The van der Waals surface area contributed by atoms with Gasteiger partial charge >= 0.3 is 6.03 Å². The van der Waals surface area contributed by atoms with Crippen molar-refractivity contribution < 1.29 is 14.4 Å². The van der Waals surface area contributed by atoms with Gasteiger partial charge in [-0.3, -0.25) is 14.5 Å². The lowest BCUT2D eigenvalue weighted by atomic mass is 10.4. The SMILES string of the molecule is CC(C)NC(=O)CN1C(=O)CN(C)C1=O. The lowest BCUT2D eigenvalue weighted by molar-refractivity contribution is -0.130. The molecule has 0 aromatic carbocycles. The molecule has 6 heteroatoms. The minimum Gasteiger partial charge on any atom is -0.352 e. The minimum atomic E-state index is -0.418. The van der Waals surface area contributed by atoms with Crippen LogP contribution in [-0.2, 0) is 9.59 Å². The second kappa shape index (κ2) is 4.29. The molecule has 15 heavy (non-hydrogen) atoms. The Morgan fingerprint density at radius 2 is 2.07 bits per heavy atom. The number of nitrogens with zero attached hydrogens (tertiary/aromatic N) is 2. The Labute approximate surface area is 88.2 Å². The van der Waals surface area contributed by atoms with Crippen molar-refractivity contribution in [2.45, 2.75) is 19.9 Å². The van der Waals surface area contributed by atoms with Crippen LogP contribution >= 0.6 is 0 Å². The van der Waals surface area contributed by atoms with Crippen LogP contribution in [0.4, 0.5) is 4.79 Å². The van der Waals surface area contributed by atoms with Crippen molar-refractivity contribution in [3.8, 4) is 0 Å². The van der Waals surface area contributed by atoms with E-state index in [4.69, 9.17) is 0 Å². The quantitative estimate of drug-likeness (QED) is 0.637. The summed E-state index contributed by atoms with van der Waals surface area (Å²) < 4.78 is 0. The predicted octanol–water partition coefficient (Wildman–Crippen LogP) is -0.595. The van der Waals surface area contributed by atoms with Crippen molar-refractivity contribution in [1.82, 2.24) is 15.1 Å². The van der Waals surface area contributed by atoms with Crippen molar-refractivity contribution in [3.63, 3.8) is 0 Å². The molecule has 4 amide bonds. The van der Waals surface area contributed by atoms with Crippen molar-refractivity contribution in [2.24, 2.45) is 0 Å². The molecule has 0 aromatic heterocycles. The van der Waals surface area contributed by atoms with E-state index in [9.17, 15) is 14.4 Å². The van der Waals surface area contributed by atoms with Crippen molar-refractivity contribution >= 4 is 17.8 Å². The molecule has 1 aliphatic rings. The fourth-order valence-electron chi connectivity index (χ4n) is 1.34. The molecule has 0 atom stereocenters. The van der Waals surface area contributed by atoms with Crippen LogP contribution in [0.25, 0.3) is 0 Å². The van der Waals surface area contributed by atoms with Crippen LogP contribution < -0.4 is 5.32 Å². The molecule has 0 spiro atoms. The summed E-state index contributed by atoms with van der Waals surface area (Å²) in [6, 6.07) is -0.415. The van der Waals surface area contributed by atoms with Gasteiger partial charge in [0.05, 0.1) is 0 Å². The standard InChI is InChI=1S/C9H15N3O3/c1-6(2)10-7(13)4-12-8(14)5-11(3)9(12)15/h6H,4-5H2,1-3H3,(H,10,13). The smallest absolute Gasteiger partial charge is 0.327 e. The van der Waals surface area contributed by atoms with E-state index in [0.29, 0.717) is 0 Å². The van der Waals surface area contributed by atoms with E-state index in [0.717, 1.165) is 4.90 Å². The first-order valence-electron chi connectivity index (χ1n) is 4.76. The highest BCUT2D eigenvalue weighted by Crippen LogP contribution is 2.06. The summed E-state index contributed by atoms with van der Waals surface area (Å²) >= 11 is 0. The third-order valence-corrected chi connectivity index (χ3v) is 1.98. The van der Waals surface area contributed by atoms with Gasteiger partial charge in [0.1, 0.15) is 13.1 Å². The van der Waals surface area contributed by atoms with Gasteiger partial charge in [-0.05, 0) is 13.8 Å². The largest absolute Gasteiger partial charge is 0.352 e. The summed E-state index contributed by atoms with van der Waals surface area (Å²) in [5.74, 6) is -0.650. The normalized spacial score (nSPS) is 16.5. The number of carbonyl (C=O) groups excluding carboxylic acids is 3. The number of urea groups is 1. The lowest BCUT2D eigenvalue weighted by Gasteiger charge is -2.15. The molecule has 6 nitrogen and oxygen atoms in total. The molecule has 1 rings (SSSR count). The Balaban J connectivity index is 2.55. The van der Waals surface area contributed by atoms with E-state index in [1.807, 2.05) is 13.8 Å². The van der Waals surface area contributed by atoms with E-state index < -0.39 is 6.03 Å². The van der Waals surface area contributed by atoms with Crippen LogP contribution in [0.3, 0.4) is 0 Å². The van der Waals surface area contributed by atoms with E-state index in [1.54, 1.807) is 0 Å². The van der Waals surface area contributed by atoms with Gasteiger partial charge in [-0.2, -0.15) is 0 Å². The molecule has 0 saturated carbocycles. The molecular weight excluding hydrogens is 198 g/mol. The fourth-order valence-corrected chi connectivity index (χ4v) is 1.34. The van der Waals surface area contributed by atoms with E-state index in [2.05, 4.69) is 5.32 Å². The molecule has 0 radical (unpaired) electrons. The Kier molecular flexibility index (Phi) is 3.28. The zero-order valence-electron chi connectivity index (χ0n) is 9.11. The Hall–Kier alpha value is -1.59. The molecule has 0 aromatic rings. The van der Waals surface area contributed by atoms with E-state index in [1.165, 1.54) is 11.9 Å². The van der Waals surface area contributed by atoms with Crippen LogP contribution in [0, 0.1) is 0 Å². The Bertz CT molecular complexity index is 301. The number of hydrogen-bond donors (Lipinski definition) is 1. The zero-order chi connectivity index (χ0) is 11.6. The maximum atomic E-state index is 11.4. The average Bonchev–Trinajstić information content (AvgIpc) is 2.31. The maximum absolute atomic E-state index is 11.4. The van der Waals surface area contributed by atoms with Crippen LogP contribution in [0.5, 0.6) is 0 Å². The zero-order valence-corrected chi connectivity index (χ0v) is 9.11. The van der Waals surface area contributed by atoms with Gasteiger partial charge in [-0.1, -0.05) is 0 Å². The molecule has 0 unspecified atom stereocenters. The first-order chi connectivity index (χ1) is 6.91. The number of imide groups is 1. The first-order valence-corrected chi connectivity index (χ1v) is 4.76. The van der Waals surface area contributed by atoms with Crippen LogP contribution in [0.1, 0.15) is 13.8 Å². The summed E-state index contributed by atoms with van der Waals surface area (Å²) in [6.45, 7) is 3.49. The lowest BCUT2D eigenvalue weighted by Crippen LogP contribution is -2.43. The highest BCUT2D eigenvalue weighted by atomic mass is 16.2. The molecule has 1 N–H and O–H groups in total. The second-order valence-corrected chi connectivity index (χ2v) is 3.84. The van der Waals surface area contributed by atoms with Gasteiger partial charge in [0, 0.05) is 13.1 Å². The van der Waals surface area contributed by atoms with Gasteiger partial charge in [-0.15, -0.1) is 0 Å². The molecule has 1 fully saturated rings. The summed E-state index contributed by atoms with van der Waals surface area (Å²) in [4.78, 5) is 36.3. The summed E-state index contributed by atoms with van der Waals surface area (Å²) in [6.07, 6.45) is 0. The number of amides is 4. The molecule has 0 bridgehead atoms. The van der Waals surface area contributed by atoms with Crippen LogP contribution in [0.2, 0.25) is 0 Å². The number of likely N-dealkylation sites (N-methyl/N-ethyl adjacent to an activating group) is 1. The van der Waals surface area contributed by atoms with Crippen LogP contribution in [0.15, 0.2) is 0 Å². The highest BCUT2D eigenvalue weighted by Gasteiger charge is 2.34. The van der Waals surface area contributed by atoms with Crippen molar-refractivity contribution in [1.29, 1.82) is 0 Å². The number of rotatable bonds is 3. The molecular formula is C9H15N3O3. The van der Waals surface area contributed by atoms with Gasteiger partial charge in [0.2, 0.25) is 5.91 Å². The molecule has 1 heterocycles. The van der Waals surface area contributed by atoms with Gasteiger partial charge in [0.25, 0.3) is 5.91 Å². The van der Waals surface area contributed by atoms with Crippen LogP contribution in [-0.4, -0.2) is 53.8 Å². The summed E-state index contributed by atoms with van der Waals surface area (Å²) in [5, 5.41) is 2.62. The van der Waals surface area contributed by atoms with E-state index in [-0.39, 0.29) is 30.9 Å². The third kappa shape index (κ3) is 2.68. The Morgan fingerprint density at radius 3 is 2.47 bits per heavy atom. The molecule has 1 saturated heterocycles. The van der Waals surface area contributed by atoms with Gasteiger partial charge in [0.15, 0.2) is 0 Å². The molecule has 1 aliphatic heterocycles. The van der Waals surface area contributed by atoms with Gasteiger partial charge < -0.3 is 10.2 Å². The van der Waals surface area contributed by atoms with Crippen molar-refractivity contribution in [2.75, 3.05) is 20.1 Å². The number of hydrogen-bond acceptors (Lipinski definition) is 3. The highest BCUT2D eigenvalue weighted by molar-refractivity contribution is 6.04. The molecule has 0 aliphatic carbocycles. The molecule has 84 valence electrons. The van der Waals surface area contributed by atoms with E-state index >= 15 is 0 Å².